The summed E-state index contributed by atoms with van der Waals surface area (Å²) in [4.78, 5) is 39.6. The Hall–Kier alpha value is -3.23. The first-order valence-corrected chi connectivity index (χ1v) is 12.0. The van der Waals surface area contributed by atoms with Crippen LogP contribution in [0.25, 0.3) is 0 Å². The van der Waals surface area contributed by atoms with E-state index in [2.05, 4.69) is 16.0 Å². The summed E-state index contributed by atoms with van der Waals surface area (Å²) in [7, 11) is 0. The molecule has 1 aliphatic heterocycles. The van der Waals surface area contributed by atoms with Crippen LogP contribution in [-0.2, 0) is 9.53 Å². The first-order chi connectivity index (χ1) is 16.6. The smallest absolute Gasteiger partial charge is 0.338 e. The minimum Gasteiger partial charge on any atom is -0.459 e. The molecule has 10 heteroatoms. The van der Waals surface area contributed by atoms with E-state index in [-0.39, 0.29) is 12.1 Å². The molecule has 0 bridgehead atoms. The second-order valence-electron chi connectivity index (χ2n) is 8.31. The monoisotopic (exact) mass is 518 g/mol. The number of urea groups is 2. The Balaban J connectivity index is 1.81. The molecule has 1 aliphatic rings. The Morgan fingerprint density at radius 2 is 1.80 bits per heavy atom. The summed E-state index contributed by atoms with van der Waals surface area (Å²) in [5.74, 6) is -0.481. The Labute approximate surface area is 214 Å². The first-order valence-electron chi connectivity index (χ1n) is 11.2. The number of carbonyl (C=O) groups is 3. The van der Waals surface area contributed by atoms with Gasteiger partial charge in [0.05, 0.1) is 28.4 Å². The van der Waals surface area contributed by atoms with Crippen LogP contribution in [0.2, 0.25) is 10.0 Å². The maximum atomic E-state index is 13.0. The quantitative estimate of drug-likeness (QED) is 0.372. The van der Waals surface area contributed by atoms with E-state index in [1.165, 1.54) is 6.07 Å². The third-order valence-electron chi connectivity index (χ3n) is 5.29. The van der Waals surface area contributed by atoms with Crippen LogP contribution in [0.3, 0.4) is 0 Å². The average molecular weight is 519 g/mol. The topological polar surface area (TPSA) is 99.8 Å². The lowest BCUT2D eigenvalue weighted by atomic mass is 9.94. The van der Waals surface area contributed by atoms with E-state index in [1.54, 1.807) is 62.1 Å². The van der Waals surface area contributed by atoms with Crippen molar-refractivity contribution in [1.29, 1.82) is 0 Å². The Morgan fingerprint density at radius 3 is 2.40 bits per heavy atom. The lowest BCUT2D eigenvalue weighted by molar-refractivity contribution is -0.143. The van der Waals surface area contributed by atoms with Crippen LogP contribution in [0.5, 0.6) is 0 Å². The molecule has 2 aromatic rings. The Kier molecular flexibility index (Phi) is 8.64. The van der Waals surface area contributed by atoms with Gasteiger partial charge >= 0.3 is 18.0 Å². The zero-order valence-electron chi connectivity index (χ0n) is 19.9. The van der Waals surface area contributed by atoms with Crippen molar-refractivity contribution in [2.24, 2.45) is 0 Å². The maximum Gasteiger partial charge on any atom is 0.338 e. The zero-order valence-corrected chi connectivity index (χ0v) is 21.5. The molecule has 0 saturated carbocycles. The van der Waals surface area contributed by atoms with Crippen LogP contribution in [0.1, 0.15) is 45.7 Å². The predicted octanol–water partition coefficient (Wildman–Crippen LogP) is 6.34. The first kappa shape index (κ1) is 26.4. The van der Waals surface area contributed by atoms with E-state index in [0.717, 1.165) is 6.42 Å². The van der Waals surface area contributed by atoms with Crippen molar-refractivity contribution in [3.05, 3.63) is 69.3 Å². The van der Waals surface area contributed by atoms with E-state index < -0.39 is 18.0 Å². The summed E-state index contributed by atoms with van der Waals surface area (Å²) in [6.45, 7) is 7.74. The molecule has 0 aromatic heterocycles. The summed E-state index contributed by atoms with van der Waals surface area (Å²) < 4.78 is 5.46. The van der Waals surface area contributed by atoms with Crippen LogP contribution < -0.4 is 16.0 Å². The van der Waals surface area contributed by atoms with Crippen molar-refractivity contribution in [2.75, 3.05) is 17.2 Å². The van der Waals surface area contributed by atoms with Gasteiger partial charge in [0, 0.05) is 23.0 Å². The van der Waals surface area contributed by atoms with Gasteiger partial charge in [-0.25, -0.2) is 14.4 Å². The van der Waals surface area contributed by atoms with Gasteiger partial charge in [0.15, 0.2) is 0 Å². The van der Waals surface area contributed by atoms with E-state index in [1.807, 2.05) is 6.92 Å². The van der Waals surface area contributed by atoms with Gasteiger partial charge in [0.25, 0.3) is 0 Å². The van der Waals surface area contributed by atoms with Crippen molar-refractivity contribution < 1.29 is 19.1 Å². The molecule has 35 heavy (non-hydrogen) atoms. The van der Waals surface area contributed by atoms with Gasteiger partial charge in [-0.15, -0.1) is 0 Å². The molecule has 1 heterocycles. The highest BCUT2D eigenvalue weighted by Gasteiger charge is 2.36. The van der Waals surface area contributed by atoms with Crippen molar-refractivity contribution in [1.82, 2.24) is 10.2 Å². The Morgan fingerprint density at radius 1 is 1.11 bits per heavy atom. The van der Waals surface area contributed by atoms with Gasteiger partial charge in [0.2, 0.25) is 0 Å². The van der Waals surface area contributed by atoms with Crippen LogP contribution in [0, 0.1) is 0 Å². The van der Waals surface area contributed by atoms with Crippen LogP contribution in [-0.4, -0.2) is 35.6 Å². The SMILES string of the molecule is CCCN1C(=O)NC(c2ccc(NC(=O)Nc3ccc(Cl)cc3Cl)cc2)C(C(=O)OC(C)C)=C1C. The molecule has 8 nitrogen and oxygen atoms in total. The second-order valence-corrected chi connectivity index (χ2v) is 9.16. The standard InChI is InChI=1S/C25H28Cl2N4O4/c1-5-12-31-15(4)21(23(32)35-14(2)3)22(30-25(31)34)16-6-9-18(10-7-16)28-24(33)29-20-11-8-17(26)13-19(20)27/h6-11,13-14,22H,5,12H2,1-4H3,(H,30,34)(H2,28,29,33). The van der Waals surface area contributed by atoms with E-state index >= 15 is 0 Å². The number of amides is 4. The van der Waals surface area contributed by atoms with Crippen molar-refractivity contribution in [3.8, 4) is 0 Å². The highest BCUT2D eigenvalue weighted by molar-refractivity contribution is 6.36. The van der Waals surface area contributed by atoms with Crippen LogP contribution in [0.15, 0.2) is 53.7 Å². The lowest BCUT2D eigenvalue weighted by Gasteiger charge is -2.35. The predicted molar refractivity (Wildman–Crippen MR) is 138 cm³/mol. The summed E-state index contributed by atoms with van der Waals surface area (Å²) in [5, 5.41) is 9.07. The number of carbonyl (C=O) groups excluding carboxylic acids is 3. The molecule has 1 atom stereocenters. The fourth-order valence-corrected chi connectivity index (χ4v) is 4.16. The van der Waals surface area contributed by atoms with Crippen LogP contribution >= 0.6 is 23.2 Å². The highest BCUT2D eigenvalue weighted by Crippen LogP contribution is 2.32. The fourth-order valence-electron chi connectivity index (χ4n) is 3.70. The zero-order chi connectivity index (χ0) is 25.7. The molecule has 3 N–H and O–H groups in total. The number of allylic oxidation sites excluding steroid dienone is 1. The number of halogens is 2. The van der Waals surface area contributed by atoms with Crippen molar-refractivity contribution in [3.63, 3.8) is 0 Å². The van der Waals surface area contributed by atoms with E-state index in [9.17, 15) is 14.4 Å². The summed E-state index contributed by atoms with van der Waals surface area (Å²) in [6.07, 6.45) is 0.436. The van der Waals surface area contributed by atoms with Gasteiger partial charge in [0.1, 0.15) is 0 Å². The van der Waals surface area contributed by atoms with Gasteiger partial charge in [-0.2, -0.15) is 0 Å². The number of rotatable bonds is 7. The number of esters is 1. The number of benzene rings is 2. The van der Waals surface area contributed by atoms with Gasteiger partial charge in [-0.3, -0.25) is 4.90 Å². The molecule has 2 aromatic carbocycles. The van der Waals surface area contributed by atoms with Gasteiger partial charge < -0.3 is 20.7 Å². The van der Waals surface area contributed by atoms with Gasteiger partial charge in [-0.05, 0) is 63.1 Å². The summed E-state index contributed by atoms with van der Waals surface area (Å²) in [5.41, 5.74) is 2.55. The normalized spacial score (nSPS) is 15.7. The minimum absolute atomic E-state index is 0.281. The number of ether oxygens (including phenoxy) is 1. The minimum atomic E-state index is -0.683. The number of nitrogens with zero attached hydrogens (tertiary/aromatic N) is 1. The third-order valence-corrected chi connectivity index (χ3v) is 5.84. The molecule has 3 rings (SSSR count). The molecular weight excluding hydrogens is 491 g/mol. The second kappa shape index (κ2) is 11.5. The maximum absolute atomic E-state index is 13.0. The van der Waals surface area contributed by atoms with E-state index in [0.29, 0.717) is 44.8 Å². The van der Waals surface area contributed by atoms with Crippen molar-refractivity contribution in [2.45, 2.75) is 46.3 Å². The molecule has 4 amide bonds. The largest absolute Gasteiger partial charge is 0.459 e. The molecule has 1 unspecified atom stereocenters. The third kappa shape index (κ3) is 6.46. The lowest BCUT2D eigenvalue weighted by Crippen LogP contribution is -2.48. The molecule has 0 saturated heterocycles. The number of nitrogens with one attached hydrogen (secondary N) is 3. The van der Waals surface area contributed by atoms with E-state index in [4.69, 9.17) is 27.9 Å². The summed E-state index contributed by atoms with van der Waals surface area (Å²) in [6, 6.07) is 10.2. The summed E-state index contributed by atoms with van der Waals surface area (Å²) >= 11 is 12.0. The van der Waals surface area contributed by atoms with Crippen LogP contribution in [0.4, 0.5) is 21.0 Å². The number of anilines is 2. The molecule has 0 aliphatic carbocycles. The molecular formula is C25H28Cl2N4O4. The number of hydrogen-bond donors (Lipinski definition) is 3. The number of hydrogen-bond acceptors (Lipinski definition) is 4. The molecule has 0 fully saturated rings. The fraction of sp³-hybridized carbons (Fsp3) is 0.320. The molecule has 186 valence electrons. The Bertz CT molecular complexity index is 1150. The average Bonchev–Trinajstić information content (AvgIpc) is 2.78. The van der Waals surface area contributed by atoms with Crippen molar-refractivity contribution >= 4 is 52.6 Å². The highest BCUT2D eigenvalue weighted by atomic mass is 35.5. The molecule has 0 radical (unpaired) electrons. The van der Waals surface area contributed by atoms with Gasteiger partial charge in [-0.1, -0.05) is 42.3 Å². The molecule has 0 spiro atoms.